The highest BCUT2D eigenvalue weighted by molar-refractivity contribution is 6.07. The molecule has 4 rings (SSSR count). The van der Waals surface area contributed by atoms with Gasteiger partial charge in [-0.1, -0.05) is 24.3 Å². The first-order valence-corrected chi connectivity index (χ1v) is 9.94. The third-order valence-electron chi connectivity index (χ3n) is 5.61. The normalized spacial score (nSPS) is 15.1. The van der Waals surface area contributed by atoms with Gasteiger partial charge in [-0.3, -0.25) is 14.6 Å². The van der Waals surface area contributed by atoms with Gasteiger partial charge in [0.25, 0.3) is 0 Å². The van der Waals surface area contributed by atoms with Crippen LogP contribution in [-0.4, -0.2) is 23.1 Å². The van der Waals surface area contributed by atoms with Crippen molar-refractivity contribution in [2.45, 2.75) is 32.7 Å². The van der Waals surface area contributed by atoms with Crippen LogP contribution >= 0.6 is 12.4 Å². The summed E-state index contributed by atoms with van der Waals surface area (Å²) in [5, 5.41) is 3.58. The molecule has 0 fully saturated rings. The Bertz CT molecular complexity index is 1060. The second-order valence-electron chi connectivity index (χ2n) is 7.60. The highest BCUT2D eigenvalue weighted by Crippen LogP contribution is 2.30. The van der Waals surface area contributed by atoms with E-state index in [1.165, 1.54) is 19.4 Å². The van der Waals surface area contributed by atoms with Gasteiger partial charge in [0.05, 0.1) is 0 Å². The van der Waals surface area contributed by atoms with Crippen molar-refractivity contribution >= 4 is 24.0 Å². The Hall–Kier alpha value is -2.82. The molecule has 4 nitrogen and oxygen atoms in total. The molecule has 0 saturated heterocycles. The zero-order chi connectivity index (χ0) is 20.4. The molecule has 0 bridgehead atoms. The number of Topliss-reactive ketones (excluding diaryl/α,β-unsaturated/α-hetero) is 2. The number of ketones is 2. The molecule has 0 radical (unpaired) electrons. The maximum atomic E-state index is 12.1. The van der Waals surface area contributed by atoms with Crippen LogP contribution in [0.2, 0.25) is 0 Å². The summed E-state index contributed by atoms with van der Waals surface area (Å²) < 4.78 is 0. The average Bonchev–Trinajstić information content (AvgIpc) is 2.74. The van der Waals surface area contributed by atoms with Gasteiger partial charge in [-0.2, -0.15) is 0 Å². The van der Waals surface area contributed by atoms with Crippen molar-refractivity contribution in [3.63, 3.8) is 0 Å². The van der Waals surface area contributed by atoms with Crippen molar-refractivity contribution in [2.24, 2.45) is 0 Å². The summed E-state index contributed by atoms with van der Waals surface area (Å²) >= 11 is 0. The summed E-state index contributed by atoms with van der Waals surface area (Å²) in [5.74, 6) is -0.121. The Morgan fingerprint density at radius 1 is 0.933 bits per heavy atom. The van der Waals surface area contributed by atoms with E-state index in [1.54, 1.807) is 12.4 Å². The first-order valence-electron chi connectivity index (χ1n) is 9.94. The van der Waals surface area contributed by atoms with Crippen molar-refractivity contribution in [1.82, 2.24) is 10.3 Å². The zero-order valence-corrected chi connectivity index (χ0v) is 18.0. The quantitative estimate of drug-likeness (QED) is 0.590. The zero-order valence-electron chi connectivity index (χ0n) is 17.1. The van der Waals surface area contributed by atoms with Gasteiger partial charge in [-0.15, -0.1) is 12.4 Å². The molecule has 0 spiro atoms. The predicted molar refractivity (Wildman–Crippen MR) is 122 cm³/mol. The number of halogens is 1. The SMILES string of the molecule is CC(=O)c1cc2c(cc1C(C)=O)C(Cc1ccc(-c3ccncc3)cc1)NCC2.Cl. The van der Waals surface area contributed by atoms with E-state index >= 15 is 0 Å². The highest BCUT2D eigenvalue weighted by atomic mass is 35.5. The molecule has 2 heterocycles. The number of hydrogen-bond donors (Lipinski definition) is 1. The number of pyridine rings is 1. The second-order valence-corrected chi connectivity index (χ2v) is 7.60. The van der Waals surface area contributed by atoms with Crippen LogP contribution in [0.1, 0.15) is 57.3 Å². The van der Waals surface area contributed by atoms with Crippen molar-refractivity contribution in [1.29, 1.82) is 0 Å². The fourth-order valence-corrected chi connectivity index (χ4v) is 4.07. The molecular formula is C25H25ClN2O2. The van der Waals surface area contributed by atoms with E-state index in [0.717, 1.165) is 41.6 Å². The van der Waals surface area contributed by atoms with Gasteiger partial charge in [0, 0.05) is 29.6 Å². The molecule has 0 aliphatic carbocycles. The summed E-state index contributed by atoms with van der Waals surface area (Å²) in [6.45, 7) is 3.91. The van der Waals surface area contributed by atoms with Crippen LogP contribution in [0.15, 0.2) is 60.9 Å². The molecule has 0 amide bonds. The summed E-state index contributed by atoms with van der Waals surface area (Å²) in [6, 6.07) is 16.6. The van der Waals surface area contributed by atoms with E-state index in [9.17, 15) is 9.59 Å². The molecule has 2 aromatic carbocycles. The van der Waals surface area contributed by atoms with Crippen molar-refractivity contribution in [3.8, 4) is 11.1 Å². The molecule has 154 valence electrons. The maximum Gasteiger partial charge on any atom is 0.160 e. The van der Waals surface area contributed by atoms with E-state index in [-0.39, 0.29) is 30.0 Å². The summed E-state index contributed by atoms with van der Waals surface area (Å²) in [4.78, 5) is 28.2. The first-order chi connectivity index (χ1) is 14.0. The van der Waals surface area contributed by atoms with Crippen LogP contribution in [0.4, 0.5) is 0 Å². The van der Waals surface area contributed by atoms with Gasteiger partial charge in [0.1, 0.15) is 0 Å². The minimum Gasteiger partial charge on any atom is -0.309 e. The van der Waals surface area contributed by atoms with Crippen molar-refractivity contribution in [2.75, 3.05) is 6.54 Å². The fourth-order valence-electron chi connectivity index (χ4n) is 4.07. The number of rotatable bonds is 5. The average molecular weight is 421 g/mol. The number of benzene rings is 2. The molecule has 1 aliphatic heterocycles. The lowest BCUT2D eigenvalue weighted by atomic mass is 9.85. The molecule has 1 unspecified atom stereocenters. The summed E-state index contributed by atoms with van der Waals surface area (Å²) in [5.41, 5.74) is 6.90. The minimum absolute atomic E-state index is 0. The number of nitrogens with zero attached hydrogens (tertiary/aromatic N) is 1. The van der Waals surface area contributed by atoms with E-state index in [4.69, 9.17) is 0 Å². The molecule has 1 aliphatic rings. The van der Waals surface area contributed by atoms with Crippen molar-refractivity contribution < 1.29 is 9.59 Å². The third kappa shape index (κ3) is 4.50. The topological polar surface area (TPSA) is 59.1 Å². The number of carbonyl (C=O) groups excluding carboxylic acids is 2. The minimum atomic E-state index is -0.0657. The first kappa shape index (κ1) is 21.9. The number of fused-ring (bicyclic) bond motifs is 1. The van der Waals surface area contributed by atoms with Crippen molar-refractivity contribution in [3.05, 3.63) is 88.7 Å². The fraction of sp³-hybridized carbons (Fsp3) is 0.240. The smallest absolute Gasteiger partial charge is 0.160 e. The number of nitrogens with one attached hydrogen (secondary N) is 1. The molecule has 1 atom stereocenters. The van der Waals surface area contributed by atoms with E-state index < -0.39 is 0 Å². The Balaban J connectivity index is 0.00000256. The van der Waals surface area contributed by atoms with Crippen LogP contribution in [-0.2, 0) is 12.8 Å². The van der Waals surface area contributed by atoms with Gasteiger partial charge in [-0.05, 0) is 85.3 Å². The Morgan fingerprint density at radius 2 is 1.53 bits per heavy atom. The lowest BCUT2D eigenvalue weighted by Crippen LogP contribution is -2.32. The van der Waals surface area contributed by atoms with E-state index in [2.05, 4.69) is 34.6 Å². The highest BCUT2D eigenvalue weighted by Gasteiger charge is 2.24. The molecule has 3 aromatic rings. The molecule has 0 saturated carbocycles. The summed E-state index contributed by atoms with van der Waals surface area (Å²) in [7, 11) is 0. The standard InChI is InChI=1S/C25H24N2O2.ClH/c1-16(28)22-14-21-9-12-27-25(24(21)15-23(22)17(2)29)13-18-3-5-19(6-4-18)20-7-10-26-11-8-20;/h3-8,10-11,14-15,25,27H,9,12-13H2,1-2H3;1H. The Morgan fingerprint density at radius 3 is 2.17 bits per heavy atom. The van der Waals surface area contributed by atoms with Crippen LogP contribution in [0.3, 0.4) is 0 Å². The van der Waals surface area contributed by atoms with E-state index in [0.29, 0.717) is 11.1 Å². The monoisotopic (exact) mass is 420 g/mol. The van der Waals surface area contributed by atoms with Gasteiger partial charge < -0.3 is 5.32 Å². The molecule has 5 heteroatoms. The predicted octanol–water partition coefficient (Wildman–Crippen LogP) is 5.01. The molecular weight excluding hydrogens is 396 g/mol. The van der Waals surface area contributed by atoms with E-state index in [1.807, 2.05) is 24.3 Å². The summed E-state index contributed by atoms with van der Waals surface area (Å²) in [6.07, 6.45) is 5.30. The maximum absolute atomic E-state index is 12.1. The van der Waals surface area contributed by atoms with Crippen LogP contribution in [0.25, 0.3) is 11.1 Å². The van der Waals surface area contributed by atoms with Crippen LogP contribution < -0.4 is 5.32 Å². The number of aromatic nitrogens is 1. The van der Waals surface area contributed by atoms with Gasteiger partial charge in [-0.25, -0.2) is 0 Å². The lowest BCUT2D eigenvalue weighted by Gasteiger charge is -2.28. The molecule has 1 N–H and O–H groups in total. The molecule has 30 heavy (non-hydrogen) atoms. The lowest BCUT2D eigenvalue weighted by molar-refractivity contribution is 0.0980. The van der Waals surface area contributed by atoms with Gasteiger partial charge in [0.2, 0.25) is 0 Å². The van der Waals surface area contributed by atoms with Crippen LogP contribution in [0, 0.1) is 0 Å². The van der Waals surface area contributed by atoms with Gasteiger partial charge in [0.15, 0.2) is 11.6 Å². The third-order valence-corrected chi connectivity index (χ3v) is 5.61. The van der Waals surface area contributed by atoms with Crippen LogP contribution in [0.5, 0.6) is 0 Å². The van der Waals surface area contributed by atoms with Gasteiger partial charge >= 0.3 is 0 Å². The second kappa shape index (κ2) is 9.33. The number of hydrogen-bond acceptors (Lipinski definition) is 4. The Kier molecular flexibility index (Phi) is 6.80. The largest absolute Gasteiger partial charge is 0.309 e. The molecule has 1 aromatic heterocycles. The Labute approximate surface area is 183 Å². The number of carbonyl (C=O) groups is 2.